The molecule has 1 N–H and O–H groups in total. The zero-order valence-electron chi connectivity index (χ0n) is 12.9. The normalized spacial score (nSPS) is 13.2. The van der Waals surface area contributed by atoms with Gasteiger partial charge in [0, 0.05) is 6.42 Å². The maximum absolute atomic E-state index is 10.3. The van der Waals surface area contributed by atoms with Crippen molar-refractivity contribution in [1.29, 1.82) is 0 Å². The summed E-state index contributed by atoms with van der Waals surface area (Å²) in [4.78, 5) is 0. The van der Waals surface area contributed by atoms with E-state index in [0.717, 1.165) is 5.56 Å². The Labute approximate surface area is 122 Å². The van der Waals surface area contributed by atoms with E-state index in [1.165, 1.54) is 16.7 Å². The zero-order valence-corrected chi connectivity index (χ0v) is 12.9. The smallest absolute Gasteiger partial charge is 0.0830 e. The molecule has 0 aliphatic rings. The van der Waals surface area contributed by atoms with E-state index in [9.17, 15) is 5.11 Å². The molecule has 0 fully saturated rings. The van der Waals surface area contributed by atoms with Gasteiger partial charge in [-0.1, -0.05) is 74.9 Å². The van der Waals surface area contributed by atoms with Gasteiger partial charge in [0.15, 0.2) is 0 Å². The number of aryl methyl sites for hydroxylation is 1. The molecule has 0 saturated heterocycles. The molecular weight excluding hydrogens is 244 g/mol. The summed E-state index contributed by atoms with van der Waals surface area (Å²) in [5.74, 6) is 0. The van der Waals surface area contributed by atoms with E-state index in [0.29, 0.717) is 6.42 Å². The van der Waals surface area contributed by atoms with Gasteiger partial charge in [-0.15, -0.1) is 0 Å². The predicted octanol–water partition coefficient (Wildman–Crippen LogP) is 4.57. The lowest BCUT2D eigenvalue weighted by Crippen LogP contribution is -2.11. The first kappa shape index (κ1) is 14.8. The van der Waals surface area contributed by atoms with E-state index in [1.807, 2.05) is 24.3 Å². The van der Waals surface area contributed by atoms with Gasteiger partial charge < -0.3 is 5.11 Å². The lowest BCUT2D eigenvalue weighted by molar-refractivity contribution is 0.178. The highest BCUT2D eigenvalue weighted by molar-refractivity contribution is 5.29. The fraction of sp³-hybridized carbons (Fsp3) is 0.368. The minimum Gasteiger partial charge on any atom is -0.388 e. The molecular formula is C19H24O. The van der Waals surface area contributed by atoms with Gasteiger partial charge in [-0.3, -0.25) is 0 Å². The Hall–Kier alpha value is -1.60. The van der Waals surface area contributed by atoms with Crippen LogP contribution in [-0.2, 0) is 11.8 Å². The molecule has 0 spiro atoms. The number of rotatable bonds is 3. The van der Waals surface area contributed by atoms with Crippen molar-refractivity contribution in [2.24, 2.45) is 0 Å². The third-order valence-corrected chi connectivity index (χ3v) is 3.71. The van der Waals surface area contributed by atoms with Crippen LogP contribution < -0.4 is 0 Å². The van der Waals surface area contributed by atoms with Gasteiger partial charge in [0.1, 0.15) is 0 Å². The summed E-state index contributed by atoms with van der Waals surface area (Å²) < 4.78 is 0. The molecule has 0 amide bonds. The average Bonchev–Trinajstić information content (AvgIpc) is 2.39. The third kappa shape index (κ3) is 3.71. The summed E-state index contributed by atoms with van der Waals surface area (Å²) in [5.41, 5.74) is 4.87. The van der Waals surface area contributed by atoms with Crippen molar-refractivity contribution in [3.63, 3.8) is 0 Å². The molecule has 2 rings (SSSR count). The molecule has 0 aliphatic heterocycles. The standard InChI is InChI=1S/C19H24O/c1-14-5-9-16(10-6-14)18(20)13-15-7-11-17(12-8-15)19(2,3)4/h5-12,18,20H,13H2,1-4H3. The molecule has 20 heavy (non-hydrogen) atoms. The molecule has 1 heteroatoms. The van der Waals surface area contributed by atoms with Crippen LogP contribution in [0.5, 0.6) is 0 Å². The van der Waals surface area contributed by atoms with Crippen LogP contribution in [0.4, 0.5) is 0 Å². The summed E-state index contributed by atoms with van der Waals surface area (Å²) in [6, 6.07) is 16.7. The lowest BCUT2D eigenvalue weighted by Gasteiger charge is -2.19. The zero-order chi connectivity index (χ0) is 14.8. The van der Waals surface area contributed by atoms with Gasteiger partial charge >= 0.3 is 0 Å². The van der Waals surface area contributed by atoms with Crippen LogP contribution in [0.25, 0.3) is 0 Å². The highest BCUT2D eigenvalue weighted by Gasteiger charge is 2.14. The van der Waals surface area contributed by atoms with E-state index in [-0.39, 0.29) is 5.41 Å². The number of aliphatic hydroxyl groups is 1. The van der Waals surface area contributed by atoms with Crippen molar-refractivity contribution in [3.05, 3.63) is 70.8 Å². The summed E-state index contributed by atoms with van der Waals surface area (Å²) in [6.45, 7) is 8.69. The second-order valence-corrected chi connectivity index (χ2v) is 6.58. The molecule has 1 unspecified atom stereocenters. The summed E-state index contributed by atoms with van der Waals surface area (Å²) in [5, 5.41) is 10.3. The molecule has 0 radical (unpaired) electrons. The molecule has 0 bridgehead atoms. The molecule has 2 aromatic rings. The molecule has 1 atom stereocenters. The lowest BCUT2D eigenvalue weighted by atomic mass is 9.86. The maximum atomic E-state index is 10.3. The highest BCUT2D eigenvalue weighted by atomic mass is 16.3. The summed E-state index contributed by atoms with van der Waals surface area (Å²) >= 11 is 0. The van der Waals surface area contributed by atoms with Crippen LogP contribution in [-0.4, -0.2) is 5.11 Å². The van der Waals surface area contributed by atoms with Crippen LogP contribution in [0.3, 0.4) is 0 Å². The fourth-order valence-electron chi connectivity index (χ4n) is 2.27. The monoisotopic (exact) mass is 268 g/mol. The van der Waals surface area contributed by atoms with Crippen LogP contribution in [0.1, 0.15) is 49.1 Å². The summed E-state index contributed by atoms with van der Waals surface area (Å²) in [7, 11) is 0. The Kier molecular flexibility index (Phi) is 4.29. The van der Waals surface area contributed by atoms with Crippen molar-refractivity contribution in [3.8, 4) is 0 Å². The first-order valence-corrected chi connectivity index (χ1v) is 7.20. The highest BCUT2D eigenvalue weighted by Crippen LogP contribution is 2.24. The largest absolute Gasteiger partial charge is 0.388 e. The molecule has 0 aromatic heterocycles. The molecule has 1 nitrogen and oxygen atoms in total. The first-order chi connectivity index (χ1) is 9.36. The van der Waals surface area contributed by atoms with Crippen molar-refractivity contribution >= 4 is 0 Å². The SMILES string of the molecule is Cc1ccc(C(O)Cc2ccc(C(C)(C)C)cc2)cc1. The number of aliphatic hydroxyl groups excluding tert-OH is 1. The molecule has 2 aromatic carbocycles. The van der Waals surface area contributed by atoms with Gasteiger partial charge in [0.05, 0.1) is 6.10 Å². The quantitative estimate of drug-likeness (QED) is 0.864. The van der Waals surface area contributed by atoms with E-state index in [4.69, 9.17) is 0 Å². The van der Waals surface area contributed by atoms with Gasteiger partial charge in [0.2, 0.25) is 0 Å². The Morgan fingerprint density at radius 2 is 1.45 bits per heavy atom. The Morgan fingerprint density at radius 1 is 0.900 bits per heavy atom. The topological polar surface area (TPSA) is 20.2 Å². The predicted molar refractivity (Wildman–Crippen MR) is 85.0 cm³/mol. The second kappa shape index (κ2) is 5.80. The van der Waals surface area contributed by atoms with Crippen molar-refractivity contribution < 1.29 is 5.11 Å². The number of hydrogen-bond acceptors (Lipinski definition) is 1. The second-order valence-electron chi connectivity index (χ2n) is 6.58. The van der Waals surface area contributed by atoms with Crippen molar-refractivity contribution in [2.45, 2.75) is 45.6 Å². The van der Waals surface area contributed by atoms with Gasteiger partial charge in [-0.2, -0.15) is 0 Å². The fourth-order valence-corrected chi connectivity index (χ4v) is 2.27. The van der Waals surface area contributed by atoms with Gasteiger partial charge in [-0.25, -0.2) is 0 Å². The van der Waals surface area contributed by atoms with Crippen molar-refractivity contribution in [2.75, 3.05) is 0 Å². The molecule has 0 aliphatic carbocycles. The molecule has 0 heterocycles. The van der Waals surface area contributed by atoms with E-state index >= 15 is 0 Å². The molecule has 106 valence electrons. The first-order valence-electron chi connectivity index (χ1n) is 7.20. The Bertz CT molecular complexity index is 544. The van der Waals surface area contributed by atoms with Gasteiger partial charge in [0.25, 0.3) is 0 Å². The minimum absolute atomic E-state index is 0.175. The molecule has 0 saturated carbocycles. The Balaban J connectivity index is 2.08. The van der Waals surface area contributed by atoms with Crippen LogP contribution in [0.2, 0.25) is 0 Å². The van der Waals surface area contributed by atoms with Crippen molar-refractivity contribution in [1.82, 2.24) is 0 Å². The number of hydrogen-bond donors (Lipinski definition) is 1. The van der Waals surface area contributed by atoms with Crippen LogP contribution in [0, 0.1) is 6.92 Å². The maximum Gasteiger partial charge on any atom is 0.0830 e. The van der Waals surface area contributed by atoms with E-state index < -0.39 is 6.10 Å². The third-order valence-electron chi connectivity index (χ3n) is 3.71. The number of benzene rings is 2. The average molecular weight is 268 g/mol. The Morgan fingerprint density at radius 3 is 1.95 bits per heavy atom. The van der Waals surface area contributed by atoms with Crippen LogP contribution >= 0.6 is 0 Å². The van der Waals surface area contributed by atoms with Crippen LogP contribution in [0.15, 0.2) is 48.5 Å². The van der Waals surface area contributed by atoms with E-state index in [2.05, 4.69) is 52.0 Å². The van der Waals surface area contributed by atoms with Gasteiger partial charge in [-0.05, 0) is 29.0 Å². The minimum atomic E-state index is -0.434. The summed E-state index contributed by atoms with van der Waals surface area (Å²) in [6.07, 6.45) is 0.226. The van der Waals surface area contributed by atoms with E-state index in [1.54, 1.807) is 0 Å².